The minimum Gasteiger partial charge on any atom is -0.618 e. The maximum atomic E-state index is 11.8. The predicted molar refractivity (Wildman–Crippen MR) is 67.9 cm³/mol. The van der Waals surface area contributed by atoms with E-state index in [1.807, 2.05) is 42.5 Å². The van der Waals surface area contributed by atoms with Crippen LogP contribution < -0.4 is 4.74 Å². The standard InChI is InChI=1S/C14H13NO2/c1-17-14-9-5-6-12(10-14)11-15(16)13-7-3-2-4-8-13/h2-11H,1H3. The lowest BCUT2D eigenvalue weighted by Crippen LogP contribution is -1.98. The molecule has 86 valence electrons. The summed E-state index contributed by atoms with van der Waals surface area (Å²) in [7, 11) is 1.60. The van der Waals surface area contributed by atoms with Crippen LogP contribution in [0.15, 0.2) is 54.6 Å². The molecule has 0 aliphatic rings. The van der Waals surface area contributed by atoms with Crippen LogP contribution in [0.1, 0.15) is 5.56 Å². The highest BCUT2D eigenvalue weighted by Gasteiger charge is 2.01. The second-order valence-corrected chi connectivity index (χ2v) is 3.57. The molecule has 0 atom stereocenters. The summed E-state index contributed by atoms with van der Waals surface area (Å²) in [6.07, 6.45) is 1.53. The number of hydrogen-bond donors (Lipinski definition) is 0. The SMILES string of the molecule is COc1cccc(C=[N+]([O-])c2ccccc2)c1. The van der Waals surface area contributed by atoms with Crippen molar-refractivity contribution in [3.8, 4) is 5.75 Å². The smallest absolute Gasteiger partial charge is 0.216 e. The van der Waals surface area contributed by atoms with Gasteiger partial charge in [-0.3, -0.25) is 0 Å². The first-order chi connectivity index (χ1) is 8.29. The summed E-state index contributed by atoms with van der Waals surface area (Å²) in [6.45, 7) is 0. The van der Waals surface area contributed by atoms with E-state index in [1.54, 1.807) is 19.2 Å². The number of nitrogens with zero attached hydrogens (tertiary/aromatic N) is 1. The summed E-state index contributed by atoms with van der Waals surface area (Å²) in [5.74, 6) is 0.736. The van der Waals surface area contributed by atoms with Crippen LogP contribution >= 0.6 is 0 Å². The van der Waals surface area contributed by atoms with Gasteiger partial charge in [0, 0.05) is 17.7 Å². The quantitative estimate of drug-likeness (QED) is 0.350. The van der Waals surface area contributed by atoms with Gasteiger partial charge in [0.25, 0.3) is 0 Å². The molecule has 3 nitrogen and oxygen atoms in total. The second-order valence-electron chi connectivity index (χ2n) is 3.57. The van der Waals surface area contributed by atoms with Gasteiger partial charge in [0.2, 0.25) is 5.69 Å². The molecule has 17 heavy (non-hydrogen) atoms. The molecule has 0 N–H and O–H groups in total. The van der Waals surface area contributed by atoms with Crippen molar-refractivity contribution in [1.29, 1.82) is 0 Å². The second kappa shape index (κ2) is 5.16. The fourth-order valence-electron chi connectivity index (χ4n) is 1.51. The molecule has 2 rings (SSSR count). The summed E-state index contributed by atoms with van der Waals surface area (Å²) in [6, 6.07) is 16.4. The van der Waals surface area contributed by atoms with E-state index < -0.39 is 0 Å². The summed E-state index contributed by atoms with van der Waals surface area (Å²) in [5.41, 5.74) is 1.42. The van der Waals surface area contributed by atoms with Crippen molar-refractivity contribution in [2.75, 3.05) is 7.11 Å². The zero-order valence-corrected chi connectivity index (χ0v) is 9.54. The Labute approximate surface area is 100 Å². The first-order valence-electron chi connectivity index (χ1n) is 5.30. The molecule has 0 bridgehead atoms. The van der Waals surface area contributed by atoms with Gasteiger partial charge < -0.3 is 9.94 Å². The van der Waals surface area contributed by atoms with Gasteiger partial charge in [-0.2, -0.15) is 4.74 Å². The number of para-hydroxylation sites is 1. The van der Waals surface area contributed by atoms with Crippen LogP contribution in [0.3, 0.4) is 0 Å². The van der Waals surface area contributed by atoms with Crippen LogP contribution in [-0.2, 0) is 0 Å². The van der Waals surface area contributed by atoms with E-state index in [0.29, 0.717) is 5.69 Å². The molecule has 0 amide bonds. The van der Waals surface area contributed by atoms with E-state index in [1.165, 1.54) is 6.21 Å². The highest BCUT2D eigenvalue weighted by atomic mass is 16.5. The Balaban J connectivity index is 2.29. The fourth-order valence-corrected chi connectivity index (χ4v) is 1.51. The van der Waals surface area contributed by atoms with E-state index >= 15 is 0 Å². The van der Waals surface area contributed by atoms with E-state index in [9.17, 15) is 5.21 Å². The molecule has 3 heteroatoms. The summed E-state index contributed by atoms with van der Waals surface area (Å²) < 4.78 is 5.94. The minimum absolute atomic E-state index is 0.607. The number of benzene rings is 2. The molecule has 0 spiro atoms. The van der Waals surface area contributed by atoms with Gasteiger partial charge in [0.15, 0.2) is 6.21 Å². The zero-order valence-electron chi connectivity index (χ0n) is 9.54. The van der Waals surface area contributed by atoms with Crippen LogP contribution in [0.25, 0.3) is 0 Å². The van der Waals surface area contributed by atoms with Crippen molar-refractivity contribution < 1.29 is 9.48 Å². The molecule has 0 radical (unpaired) electrons. The number of hydrogen-bond acceptors (Lipinski definition) is 2. The van der Waals surface area contributed by atoms with Gasteiger partial charge in [0.05, 0.1) is 7.11 Å². The van der Waals surface area contributed by atoms with Crippen molar-refractivity contribution in [1.82, 2.24) is 0 Å². The van der Waals surface area contributed by atoms with Gasteiger partial charge in [-0.1, -0.05) is 24.3 Å². The molecule has 0 saturated heterocycles. The molecule has 0 fully saturated rings. The zero-order chi connectivity index (χ0) is 12.1. The lowest BCUT2D eigenvalue weighted by Gasteiger charge is -2.03. The van der Waals surface area contributed by atoms with Crippen molar-refractivity contribution in [2.24, 2.45) is 0 Å². The van der Waals surface area contributed by atoms with Crippen LogP contribution in [0.4, 0.5) is 5.69 Å². The maximum Gasteiger partial charge on any atom is 0.216 e. The fraction of sp³-hybridized carbons (Fsp3) is 0.0714. The van der Waals surface area contributed by atoms with Crippen molar-refractivity contribution in [2.45, 2.75) is 0 Å². The largest absolute Gasteiger partial charge is 0.618 e. The van der Waals surface area contributed by atoms with E-state index in [0.717, 1.165) is 16.1 Å². The van der Waals surface area contributed by atoms with E-state index in [4.69, 9.17) is 4.74 Å². The topological polar surface area (TPSA) is 35.3 Å². The van der Waals surface area contributed by atoms with Crippen molar-refractivity contribution >= 4 is 11.9 Å². The Hall–Kier alpha value is -2.29. The van der Waals surface area contributed by atoms with E-state index in [-0.39, 0.29) is 0 Å². The van der Waals surface area contributed by atoms with Gasteiger partial charge in [-0.15, -0.1) is 0 Å². The Morgan fingerprint density at radius 2 is 1.82 bits per heavy atom. The molecule has 2 aromatic rings. The predicted octanol–water partition coefficient (Wildman–Crippen LogP) is 2.96. The third-order valence-electron chi connectivity index (χ3n) is 2.37. The normalized spacial score (nSPS) is 11.2. The van der Waals surface area contributed by atoms with Crippen LogP contribution in [-0.4, -0.2) is 18.1 Å². The number of methoxy groups -OCH3 is 1. The highest BCUT2D eigenvalue weighted by molar-refractivity contribution is 5.77. The molecule has 0 aliphatic heterocycles. The van der Waals surface area contributed by atoms with Gasteiger partial charge in [-0.05, 0) is 18.2 Å². The van der Waals surface area contributed by atoms with Gasteiger partial charge in [-0.25, -0.2) is 0 Å². The number of rotatable bonds is 3. The molecule has 0 heterocycles. The first kappa shape index (κ1) is 11.2. The monoisotopic (exact) mass is 227 g/mol. The van der Waals surface area contributed by atoms with Gasteiger partial charge in [0.1, 0.15) is 5.75 Å². The summed E-state index contributed by atoms with van der Waals surface area (Å²) >= 11 is 0. The van der Waals surface area contributed by atoms with Crippen LogP contribution in [0.5, 0.6) is 5.75 Å². The first-order valence-corrected chi connectivity index (χ1v) is 5.30. The molecule has 0 aromatic heterocycles. The molecule has 0 aliphatic carbocycles. The van der Waals surface area contributed by atoms with Crippen LogP contribution in [0, 0.1) is 5.21 Å². The third-order valence-corrected chi connectivity index (χ3v) is 2.37. The highest BCUT2D eigenvalue weighted by Crippen LogP contribution is 2.13. The molecular formula is C14H13NO2. The van der Waals surface area contributed by atoms with Crippen molar-refractivity contribution in [3.05, 3.63) is 65.4 Å². The maximum absolute atomic E-state index is 11.8. The Morgan fingerprint density at radius 1 is 1.06 bits per heavy atom. The summed E-state index contributed by atoms with van der Waals surface area (Å²) in [5, 5.41) is 11.8. The third kappa shape index (κ3) is 2.84. The van der Waals surface area contributed by atoms with E-state index in [2.05, 4.69) is 0 Å². The Bertz CT molecular complexity index is 521. The van der Waals surface area contributed by atoms with Gasteiger partial charge >= 0.3 is 0 Å². The van der Waals surface area contributed by atoms with Crippen LogP contribution in [0.2, 0.25) is 0 Å². The molecule has 2 aromatic carbocycles. The number of ether oxygens (including phenoxy) is 1. The van der Waals surface area contributed by atoms with Crippen molar-refractivity contribution in [3.63, 3.8) is 0 Å². The molecule has 0 unspecified atom stereocenters. The lowest BCUT2D eigenvalue weighted by molar-refractivity contribution is -0.354. The minimum atomic E-state index is 0.607. The summed E-state index contributed by atoms with van der Waals surface area (Å²) in [4.78, 5) is 0. The molecule has 0 saturated carbocycles. The Morgan fingerprint density at radius 3 is 2.53 bits per heavy atom. The lowest BCUT2D eigenvalue weighted by atomic mass is 10.2. The average Bonchev–Trinajstić information content (AvgIpc) is 2.40. The molecular weight excluding hydrogens is 214 g/mol. The average molecular weight is 227 g/mol. The Kier molecular flexibility index (Phi) is 3.40.